The third kappa shape index (κ3) is 8.20. The van der Waals surface area contributed by atoms with Gasteiger partial charge in [-0.1, -0.05) is 0 Å². The Hall–Kier alpha value is -1.58. The second-order valence-electron chi connectivity index (χ2n) is 6.36. The van der Waals surface area contributed by atoms with Gasteiger partial charge in [-0.2, -0.15) is 0 Å². The number of nitrogens with zero attached hydrogens (tertiary/aromatic N) is 2. The number of benzene rings is 1. The number of amides is 1. The van der Waals surface area contributed by atoms with Crippen molar-refractivity contribution in [1.29, 1.82) is 0 Å². The predicted molar refractivity (Wildman–Crippen MR) is 114 cm³/mol. The van der Waals surface area contributed by atoms with E-state index < -0.39 is 5.41 Å². The highest BCUT2D eigenvalue weighted by atomic mass is 127. The molecule has 1 amide bonds. The maximum Gasteiger partial charge on any atom is 0.227 e. The summed E-state index contributed by atoms with van der Waals surface area (Å²) in [7, 11) is 3.53. The Balaban J connectivity index is 0.00000625. The first-order valence-electron chi connectivity index (χ1n) is 8.40. The maximum absolute atomic E-state index is 12.9. The molecule has 1 aromatic rings. The van der Waals surface area contributed by atoms with Crippen molar-refractivity contribution in [2.45, 2.75) is 20.8 Å². The van der Waals surface area contributed by atoms with Crippen LogP contribution >= 0.6 is 24.0 Å². The number of nitrogens with one attached hydrogen (secondary N) is 2. The van der Waals surface area contributed by atoms with E-state index in [0.29, 0.717) is 31.4 Å². The minimum absolute atomic E-state index is 0. The number of hydrogen-bond acceptors (Lipinski definition) is 3. The lowest BCUT2D eigenvalue weighted by atomic mass is 9.93. The van der Waals surface area contributed by atoms with Gasteiger partial charge >= 0.3 is 0 Å². The molecule has 1 aromatic carbocycles. The molecule has 0 aliphatic rings. The molecule has 0 heterocycles. The molecule has 2 N–H and O–H groups in total. The van der Waals surface area contributed by atoms with Crippen LogP contribution in [-0.4, -0.2) is 57.1 Å². The van der Waals surface area contributed by atoms with Gasteiger partial charge in [0.15, 0.2) is 5.96 Å². The van der Waals surface area contributed by atoms with Crippen LogP contribution in [0.2, 0.25) is 0 Å². The molecule has 8 heteroatoms. The maximum atomic E-state index is 12.9. The molecule has 148 valence electrons. The fourth-order valence-electron chi connectivity index (χ4n) is 2.09. The third-order valence-electron chi connectivity index (χ3n) is 3.67. The van der Waals surface area contributed by atoms with Crippen LogP contribution in [0.5, 0.6) is 5.75 Å². The van der Waals surface area contributed by atoms with Crippen LogP contribution in [0.3, 0.4) is 0 Å². The summed E-state index contributed by atoms with van der Waals surface area (Å²) in [5.74, 6) is 0.999. The molecule has 0 aromatic heterocycles. The number of carbonyl (C=O) groups excluding carboxylic acids is 1. The summed E-state index contributed by atoms with van der Waals surface area (Å²) in [6.45, 7) is 7.84. The molecule has 0 bridgehead atoms. The molecule has 0 atom stereocenters. The number of guanidine groups is 1. The average molecular weight is 480 g/mol. The van der Waals surface area contributed by atoms with Gasteiger partial charge in [0, 0.05) is 20.6 Å². The number of aliphatic imine (C=N–C) groups is 1. The molecule has 0 saturated heterocycles. The zero-order valence-corrected chi connectivity index (χ0v) is 18.5. The molecule has 0 saturated carbocycles. The van der Waals surface area contributed by atoms with E-state index in [1.165, 1.54) is 12.1 Å². The normalized spacial score (nSPS) is 11.4. The van der Waals surface area contributed by atoms with E-state index in [0.717, 1.165) is 6.54 Å². The second kappa shape index (κ2) is 11.9. The first-order valence-corrected chi connectivity index (χ1v) is 8.40. The lowest BCUT2D eigenvalue weighted by Gasteiger charge is -2.25. The molecule has 0 aliphatic heterocycles. The summed E-state index contributed by atoms with van der Waals surface area (Å²) < 4.78 is 18.5. The van der Waals surface area contributed by atoms with Crippen molar-refractivity contribution >= 4 is 35.8 Å². The monoisotopic (exact) mass is 480 g/mol. The van der Waals surface area contributed by atoms with Crippen LogP contribution < -0.4 is 15.4 Å². The van der Waals surface area contributed by atoms with E-state index in [2.05, 4.69) is 15.6 Å². The summed E-state index contributed by atoms with van der Waals surface area (Å²) >= 11 is 0. The van der Waals surface area contributed by atoms with E-state index in [9.17, 15) is 9.18 Å². The Bertz CT molecular complexity index is 579. The summed E-state index contributed by atoms with van der Waals surface area (Å²) in [5, 5.41) is 5.86. The highest BCUT2D eigenvalue weighted by Crippen LogP contribution is 2.15. The van der Waals surface area contributed by atoms with Crippen molar-refractivity contribution in [2.24, 2.45) is 10.4 Å². The minimum Gasteiger partial charge on any atom is -0.492 e. The van der Waals surface area contributed by atoms with Crippen LogP contribution in [0.1, 0.15) is 20.8 Å². The van der Waals surface area contributed by atoms with Gasteiger partial charge in [0.05, 0.1) is 18.5 Å². The Kier molecular flexibility index (Phi) is 11.2. The summed E-state index contributed by atoms with van der Waals surface area (Å²) in [4.78, 5) is 18.4. The van der Waals surface area contributed by atoms with Crippen molar-refractivity contribution in [3.8, 4) is 5.75 Å². The molecule has 0 radical (unpaired) electrons. The SMILES string of the molecule is CCNC(=NCC(C)(C)C(=O)NC)N(C)CCOc1ccc(F)cc1.I. The number of likely N-dealkylation sites (N-methyl/N-ethyl adjacent to an activating group) is 1. The summed E-state index contributed by atoms with van der Waals surface area (Å²) in [6, 6.07) is 5.93. The number of carbonyl (C=O) groups is 1. The van der Waals surface area contributed by atoms with E-state index in [4.69, 9.17) is 4.74 Å². The highest BCUT2D eigenvalue weighted by molar-refractivity contribution is 14.0. The van der Waals surface area contributed by atoms with Crippen LogP contribution in [0.4, 0.5) is 4.39 Å². The molecule has 0 aliphatic carbocycles. The average Bonchev–Trinajstić information content (AvgIpc) is 2.59. The smallest absolute Gasteiger partial charge is 0.227 e. The first kappa shape index (κ1) is 24.4. The molecule has 1 rings (SSSR count). The Morgan fingerprint density at radius 2 is 1.92 bits per heavy atom. The molecule has 0 spiro atoms. The zero-order chi connectivity index (χ0) is 18.9. The predicted octanol–water partition coefficient (Wildman–Crippen LogP) is 2.49. The van der Waals surface area contributed by atoms with E-state index in [-0.39, 0.29) is 35.7 Å². The number of rotatable bonds is 8. The second-order valence-corrected chi connectivity index (χ2v) is 6.36. The lowest BCUT2D eigenvalue weighted by Crippen LogP contribution is -2.43. The van der Waals surface area contributed by atoms with Crippen molar-refractivity contribution in [1.82, 2.24) is 15.5 Å². The Morgan fingerprint density at radius 3 is 2.46 bits per heavy atom. The van der Waals surface area contributed by atoms with Crippen molar-refractivity contribution in [3.05, 3.63) is 30.1 Å². The van der Waals surface area contributed by atoms with Crippen molar-refractivity contribution < 1.29 is 13.9 Å². The first-order chi connectivity index (χ1) is 11.8. The quantitative estimate of drug-likeness (QED) is 0.341. The summed E-state index contributed by atoms with van der Waals surface area (Å²) in [5.41, 5.74) is -0.582. The van der Waals surface area contributed by atoms with Crippen LogP contribution in [0.15, 0.2) is 29.3 Å². The van der Waals surface area contributed by atoms with Gasteiger partial charge in [-0.3, -0.25) is 9.79 Å². The molecule has 26 heavy (non-hydrogen) atoms. The fraction of sp³-hybridized carbons (Fsp3) is 0.556. The van der Waals surface area contributed by atoms with Gasteiger partial charge in [-0.05, 0) is 45.0 Å². The van der Waals surface area contributed by atoms with Crippen LogP contribution in [0.25, 0.3) is 0 Å². The fourth-order valence-corrected chi connectivity index (χ4v) is 2.09. The van der Waals surface area contributed by atoms with Crippen LogP contribution in [0, 0.1) is 11.2 Å². The van der Waals surface area contributed by atoms with Crippen molar-refractivity contribution in [2.75, 3.05) is 40.3 Å². The summed E-state index contributed by atoms with van der Waals surface area (Å²) in [6.07, 6.45) is 0. The van der Waals surface area contributed by atoms with Gasteiger partial charge in [0.25, 0.3) is 0 Å². The van der Waals surface area contributed by atoms with Gasteiger partial charge in [-0.15, -0.1) is 24.0 Å². The minimum atomic E-state index is -0.582. The van der Waals surface area contributed by atoms with Gasteiger partial charge in [-0.25, -0.2) is 4.39 Å². The van der Waals surface area contributed by atoms with E-state index in [1.54, 1.807) is 19.2 Å². The molecule has 0 unspecified atom stereocenters. The van der Waals surface area contributed by atoms with Crippen molar-refractivity contribution in [3.63, 3.8) is 0 Å². The van der Waals surface area contributed by atoms with E-state index >= 15 is 0 Å². The van der Waals surface area contributed by atoms with Crippen LogP contribution in [-0.2, 0) is 4.79 Å². The Morgan fingerprint density at radius 1 is 1.31 bits per heavy atom. The molecular formula is C18H30FIN4O2. The largest absolute Gasteiger partial charge is 0.492 e. The highest BCUT2D eigenvalue weighted by Gasteiger charge is 2.26. The van der Waals surface area contributed by atoms with Gasteiger partial charge in [0.2, 0.25) is 5.91 Å². The molecule has 0 fully saturated rings. The lowest BCUT2D eigenvalue weighted by molar-refractivity contribution is -0.128. The topological polar surface area (TPSA) is 66.0 Å². The van der Waals surface area contributed by atoms with E-state index in [1.807, 2.05) is 32.7 Å². The number of ether oxygens (including phenoxy) is 1. The molecule has 6 nitrogen and oxygen atoms in total. The number of hydrogen-bond donors (Lipinski definition) is 2. The standard InChI is InChI=1S/C18H29FN4O2.HI/c1-6-21-17(22-13-18(2,3)16(24)20-4)23(5)11-12-25-15-9-7-14(19)8-10-15;/h7-10H,6,11-13H2,1-5H3,(H,20,24)(H,21,22);1H. The Labute approximate surface area is 172 Å². The molecular weight excluding hydrogens is 450 g/mol. The number of halogens is 2. The van der Waals surface area contributed by atoms with Gasteiger partial charge in [0.1, 0.15) is 18.2 Å². The zero-order valence-electron chi connectivity index (χ0n) is 16.1. The third-order valence-corrected chi connectivity index (χ3v) is 3.67. The van der Waals surface area contributed by atoms with Gasteiger partial charge < -0.3 is 20.3 Å².